The van der Waals surface area contributed by atoms with Crippen molar-refractivity contribution in [1.82, 2.24) is 30.2 Å². The molecule has 0 amide bonds. The van der Waals surface area contributed by atoms with Crippen molar-refractivity contribution in [1.29, 1.82) is 0 Å². The number of hydrogen-bond donors (Lipinski definition) is 1. The zero-order valence-corrected chi connectivity index (χ0v) is 14.8. The molecule has 0 saturated heterocycles. The van der Waals surface area contributed by atoms with Crippen LogP contribution in [0.25, 0.3) is 22.7 Å². The van der Waals surface area contributed by atoms with Crippen LogP contribution in [0.1, 0.15) is 18.0 Å². The van der Waals surface area contributed by atoms with Crippen molar-refractivity contribution in [2.24, 2.45) is 0 Å². The summed E-state index contributed by atoms with van der Waals surface area (Å²) in [6.45, 7) is 0.408. The molecule has 10 heteroatoms. The second-order valence-corrected chi connectivity index (χ2v) is 5.92. The number of rotatable bonds is 6. The normalized spacial score (nSPS) is 11.1. The molecule has 0 aliphatic carbocycles. The predicted molar refractivity (Wildman–Crippen MR) is 96.6 cm³/mol. The lowest BCUT2D eigenvalue weighted by Gasteiger charge is -2.02. The van der Waals surface area contributed by atoms with Gasteiger partial charge in [0.2, 0.25) is 5.89 Å². The van der Waals surface area contributed by atoms with Gasteiger partial charge in [0.1, 0.15) is 5.69 Å². The molecular weight excluding hydrogens is 368 g/mol. The number of nitrogens with zero attached hydrogens (tertiary/aromatic N) is 6. The van der Waals surface area contributed by atoms with E-state index in [2.05, 4.69) is 30.8 Å². The van der Waals surface area contributed by atoms with Crippen LogP contribution in [0.5, 0.6) is 0 Å². The minimum Gasteiger partial charge on any atom is -0.415 e. The largest absolute Gasteiger partial charge is 0.415 e. The van der Waals surface area contributed by atoms with E-state index in [4.69, 9.17) is 4.42 Å². The minimum absolute atomic E-state index is 0.00167. The molecule has 4 aromatic rings. The topological polar surface area (TPSA) is 94.6 Å². The maximum atomic E-state index is 12.5. The van der Waals surface area contributed by atoms with Gasteiger partial charge in [-0.3, -0.25) is 4.98 Å². The van der Waals surface area contributed by atoms with Crippen LogP contribution in [0.15, 0.2) is 53.2 Å². The Bertz CT molecular complexity index is 1080. The van der Waals surface area contributed by atoms with Gasteiger partial charge in [0.05, 0.1) is 24.0 Å². The van der Waals surface area contributed by atoms with Crippen LogP contribution >= 0.6 is 0 Å². The van der Waals surface area contributed by atoms with E-state index in [9.17, 15) is 8.78 Å². The van der Waals surface area contributed by atoms with Gasteiger partial charge in [-0.25, -0.2) is 4.68 Å². The van der Waals surface area contributed by atoms with Crippen molar-refractivity contribution in [3.8, 4) is 22.7 Å². The first-order chi connectivity index (χ1) is 13.6. The summed E-state index contributed by atoms with van der Waals surface area (Å²) in [6.07, 6.45) is 0.521. The third-order valence-corrected chi connectivity index (χ3v) is 4.01. The first kappa shape index (κ1) is 17.7. The van der Waals surface area contributed by atoms with Crippen molar-refractivity contribution in [2.75, 3.05) is 12.4 Å². The van der Waals surface area contributed by atoms with Gasteiger partial charge in [0, 0.05) is 24.5 Å². The van der Waals surface area contributed by atoms with Gasteiger partial charge in [-0.05, 0) is 24.3 Å². The molecule has 1 aromatic carbocycles. The summed E-state index contributed by atoms with van der Waals surface area (Å²) in [6, 6.07) is 11.3. The van der Waals surface area contributed by atoms with E-state index < -0.39 is 12.3 Å². The number of anilines is 1. The Morgan fingerprint density at radius 3 is 2.71 bits per heavy atom. The molecule has 0 bridgehead atoms. The molecule has 0 spiro atoms. The predicted octanol–water partition coefficient (Wildman–Crippen LogP) is 3.42. The van der Waals surface area contributed by atoms with Crippen molar-refractivity contribution >= 4 is 5.69 Å². The number of halogens is 2. The zero-order chi connectivity index (χ0) is 19.5. The SMILES string of the molecule is CNc1cccc(-c2cn(Cc3ccc(-c4nnc(C(F)F)o4)cn3)nn2)c1. The van der Waals surface area contributed by atoms with Crippen molar-refractivity contribution in [3.63, 3.8) is 0 Å². The van der Waals surface area contributed by atoms with Gasteiger partial charge in [0.25, 0.3) is 5.89 Å². The Balaban J connectivity index is 1.48. The van der Waals surface area contributed by atoms with E-state index in [1.54, 1.807) is 16.8 Å². The third-order valence-electron chi connectivity index (χ3n) is 4.01. The molecule has 3 aromatic heterocycles. The molecule has 0 fully saturated rings. The van der Waals surface area contributed by atoms with Gasteiger partial charge < -0.3 is 9.73 Å². The molecule has 28 heavy (non-hydrogen) atoms. The van der Waals surface area contributed by atoms with Crippen LogP contribution in [0, 0.1) is 0 Å². The lowest BCUT2D eigenvalue weighted by Crippen LogP contribution is -2.02. The first-order valence-electron chi connectivity index (χ1n) is 8.37. The van der Waals surface area contributed by atoms with E-state index in [1.165, 1.54) is 6.20 Å². The van der Waals surface area contributed by atoms with Crippen LogP contribution in [0.2, 0.25) is 0 Å². The first-order valence-corrected chi connectivity index (χ1v) is 8.37. The lowest BCUT2D eigenvalue weighted by molar-refractivity contribution is 0.116. The van der Waals surface area contributed by atoms with Crippen LogP contribution in [0.3, 0.4) is 0 Å². The second kappa shape index (κ2) is 7.51. The zero-order valence-electron chi connectivity index (χ0n) is 14.8. The summed E-state index contributed by atoms with van der Waals surface area (Å²) in [5, 5.41) is 18.3. The molecular formula is C18H15F2N7O. The van der Waals surface area contributed by atoms with Crippen LogP contribution in [0.4, 0.5) is 14.5 Å². The monoisotopic (exact) mass is 383 g/mol. The highest BCUT2D eigenvalue weighted by atomic mass is 19.3. The van der Waals surface area contributed by atoms with E-state index in [0.29, 0.717) is 12.1 Å². The van der Waals surface area contributed by atoms with Crippen LogP contribution in [-0.4, -0.2) is 37.2 Å². The van der Waals surface area contributed by atoms with Crippen LogP contribution in [-0.2, 0) is 6.54 Å². The van der Waals surface area contributed by atoms with Gasteiger partial charge in [-0.1, -0.05) is 17.3 Å². The summed E-state index contributed by atoms with van der Waals surface area (Å²) >= 11 is 0. The van der Waals surface area contributed by atoms with Gasteiger partial charge in [-0.15, -0.1) is 15.3 Å². The van der Waals surface area contributed by atoms with Gasteiger partial charge >= 0.3 is 6.43 Å². The van der Waals surface area contributed by atoms with E-state index in [1.807, 2.05) is 37.5 Å². The number of pyridine rings is 1. The number of aromatic nitrogens is 6. The molecule has 4 rings (SSSR count). The minimum atomic E-state index is -2.80. The molecule has 0 radical (unpaired) electrons. The summed E-state index contributed by atoms with van der Waals surface area (Å²) < 4.78 is 31.7. The summed E-state index contributed by atoms with van der Waals surface area (Å²) in [5.74, 6) is -0.710. The molecule has 0 aliphatic rings. The van der Waals surface area contributed by atoms with E-state index >= 15 is 0 Å². The van der Waals surface area contributed by atoms with Crippen LogP contribution < -0.4 is 5.32 Å². The highest BCUT2D eigenvalue weighted by Gasteiger charge is 2.17. The number of hydrogen-bond acceptors (Lipinski definition) is 7. The molecule has 3 heterocycles. The fourth-order valence-electron chi connectivity index (χ4n) is 2.59. The molecule has 8 nitrogen and oxygen atoms in total. The van der Waals surface area contributed by atoms with Crippen molar-refractivity contribution < 1.29 is 13.2 Å². The summed E-state index contributed by atoms with van der Waals surface area (Å²) in [4.78, 5) is 4.30. The molecule has 0 atom stereocenters. The number of alkyl halides is 2. The fourth-order valence-corrected chi connectivity index (χ4v) is 2.59. The number of benzene rings is 1. The highest BCUT2D eigenvalue weighted by molar-refractivity contribution is 5.64. The van der Waals surface area contributed by atoms with Crippen molar-refractivity contribution in [2.45, 2.75) is 13.0 Å². The second-order valence-electron chi connectivity index (χ2n) is 5.92. The molecule has 0 aliphatic heterocycles. The Labute approximate surface area is 158 Å². The molecule has 142 valence electrons. The Hall–Kier alpha value is -3.69. The Kier molecular flexibility index (Phi) is 4.75. The summed E-state index contributed by atoms with van der Waals surface area (Å²) in [5.41, 5.74) is 3.87. The average molecular weight is 383 g/mol. The third kappa shape index (κ3) is 3.70. The fraction of sp³-hybridized carbons (Fsp3) is 0.167. The maximum Gasteiger partial charge on any atom is 0.314 e. The standard InChI is InChI=1S/C18H15F2N7O/c1-21-13-4-2-3-11(7-13)15-10-27(26-23-15)9-14-6-5-12(8-22-14)17-24-25-18(28-17)16(19)20/h2-8,10,16,21H,9H2,1H3. The number of nitrogens with one attached hydrogen (secondary N) is 1. The van der Waals surface area contributed by atoms with E-state index in [-0.39, 0.29) is 5.89 Å². The summed E-state index contributed by atoms with van der Waals surface area (Å²) in [7, 11) is 1.86. The van der Waals surface area contributed by atoms with Gasteiger partial charge in [0.15, 0.2) is 0 Å². The Morgan fingerprint density at radius 2 is 2.00 bits per heavy atom. The maximum absolute atomic E-state index is 12.5. The quantitative estimate of drug-likeness (QED) is 0.545. The average Bonchev–Trinajstić information content (AvgIpc) is 3.39. The molecule has 0 unspecified atom stereocenters. The van der Waals surface area contributed by atoms with E-state index in [0.717, 1.165) is 22.6 Å². The van der Waals surface area contributed by atoms with Gasteiger partial charge in [-0.2, -0.15) is 8.78 Å². The lowest BCUT2D eigenvalue weighted by atomic mass is 10.1. The molecule has 1 N–H and O–H groups in total. The smallest absolute Gasteiger partial charge is 0.314 e. The Morgan fingerprint density at radius 1 is 1.11 bits per heavy atom. The molecule has 0 saturated carbocycles. The van der Waals surface area contributed by atoms with Crippen molar-refractivity contribution in [3.05, 3.63) is 60.4 Å². The highest BCUT2D eigenvalue weighted by Crippen LogP contribution is 2.23.